The number of anilines is 1. The number of benzene rings is 1. The number of amides is 1. The van der Waals surface area contributed by atoms with Crippen LogP contribution in [0.15, 0.2) is 24.3 Å². The Bertz CT molecular complexity index is 376. The fourth-order valence-electron chi connectivity index (χ4n) is 1.89. The van der Waals surface area contributed by atoms with Gasteiger partial charge in [-0.25, -0.2) is 0 Å². The molecule has 0 saturated carbocycles. The summed E-state index contributed by atoms with van der Waals surface area (Å²) in [4.78, 5) is 13.9. The van der Waals surface area contributed by atoms with Gasteiger partial charge in [-0.05, 0) is 50.5 Å². The van der Waals surface area contributed by atoms with Gasteiger partial charge in [0.2, 0.25) is 0 Å². The van der Waals surface area contributed by atoms with Crippen molar-refractivity contribution in [1.29, 1.82) is 0 Å². The minimum Gasteiger partial charge on any atom is -0.396 e. The van der Waals surface area contributed by atoms with E-state index in [1.165, 1.54) is 0 Å². The van der Waals surface area contributed by atoms with Crippen LogP contribution in [0.4, 0.5) is 5.69 Å². The van der Waals surface area contributed by atoms with Crippen LogP contribution in [0.2, 0.25) is 0 Å². The number of nitrogens with one attached hydrogen (secondary N) is 1. The Morgan fingerprint density at radius 2 is 1.89 bits per heavy atom. The van der Waals surface area contributed by atoms with Crippen molar-refractivity contribution in [1.82, 2.24) is 4.90 Å². The third-order valence-electron chi connectivity index (χ3n) is 3.01. The van der Waals surface area contributed by atoms with Crippen LogP contribution >= 0.6 is 0 Å². The van der Waals surface area contributed by atoms with Gasteiger partial charge in [0, 0.05) is 38.0 Å². The Balaban J connectivity index is 2.47. The van der Waals surface area contributed by atoms with Gasteiger partial charge >= 0.3 is 0 Å². The first-order chi connectivity index (χ1) is 9.19. The molecule has 0 aliphatic carbocycles. The first kappa shape index (κ1) is 15.5. The van der Waals surface area contributed by atoms with Gasteiger partial charge in [0.15, 0.2) is 0 Å². The van der Waals surface area contributed by atoms with E-state index in [4.69, 9.17) is 5.11 Å². The van der Waals surface area contributed by atoms with Crippen LogP contribution in [-0.4, -0.2) is 42.7 Å². The third-order valence-corrected chi connectivity index (χ3v) is 3.01. The Morgan fingerprint density at radius 1 is 1.21 bits per heavy atom. The molecule has 0 saturated heterocycles. The summed E-state index contributed by atoms with van der Waals surface area (Å²) in [5.74, 6) is 0.0482. The first-order valence-electron chi connectivity index (χ1n) is 6.89. The lowest BCUT2D eigenvalue weighted by Gasteiger charge is -2.17. The zero-order valence-corrected chi connectivity index (χ0v) is 11.9. The Hall–Kier alpha value is -1.55. The highest BCUT2D eigenvalue weighted by atomic mass is 16.2. The van der Waals surface area contributed by atoms with E-state index in [9.17, 15) is 4.79 Å². The summed E-state index contributed by atoms with van der Waals surface area (Å²) in [6.45, 7) is 3.87. The summed E-state index contributed by atoms with van der Waals surface area (Å²) >= 11 is 0. The van der Waals surface area contributed by atoms with Gasteiger partial charge in [0.05, 0.1) is 0 Å². The van der Waals surface area contributed by atoms with E-state index in [1.807, 2.05) is 38.2 Å². The maximum atomic E-state index is 12.1. The van der Waals surface area contributed by atoms with Crippen molar-refractivity contribution in [3.8, 4) is 0 Å². The van der Waals surface area contributed by atoms with Crippen molar-refractivity contribution in [2.24, 2.45) is 0 Å². The summed E-state index contributed by atoms with van der Waals surface area (Å²) in [6.07, 6.45) is 2.69. The van der Waals surface area contributed by atoms with Crippen molar-refractivity contribution in [3.63, 3.8) is 0 Å². The number of hydrogen-bond donors (Lipinski definition) is 2. The summed E-state index contributed by atoms with van der Waals surface area (Å²) in [5.41, 5.74) is 1.75. The molecule has 19 heavy (non-hydrogen) atoms. The highest BCUT2D eigenvalue weighted by molar-refractivity contribution is 5.94. The smallest absolute Gasteiger partial charge is 0.253 e. The molecule has 0 aliphatic heterocycles. The molecule has 4 heteroatoms. The normalized spacial score (nSPS) is 10.3. The van der Waals surface area contributed by atoms with Crippen LogP contribution in [0.3, 0.4) is 0 Å². The minimum atomic E-state index is 0.0482. The minimum absolute atomic E-state index is 0.0482. The lowest BCUT2D eigenvalue weighted by Crippen LogP contribution is -2.27. The molecule has 0 bridgehead atoms. The molecule has 4 nitrogen and oxygen atoms in total. The molecule has 1 rings (SSSR count). The molecule has 0 unspecified atom stereocenters. The first-order valence-corrected chi connectivity index (χ1v) is 6.89. The Kier molecular flexibility index (Phi) is 6.97. The van der Waals surface area contributed by atoms with Crippen molar-refractivity contribution >= 4 is 11.6 Å². The second kappa shape index (κ2) is 8.53. The van der Waals surface area contributed by atoms with Crippen LogP contribution < -0.4 is 5.32 Å². The van der Waals surface area contributed by atoms with Gasteiger partial charge in [-0.2, -0.15) is 0 Å². The number of hydrogen-bond acceptors (Lipinski definition) is 3. The summed E-state index contributed by atoms with van der Waals surface area (Å²) in [5, 5.41) is 11.9. The molecule has 0 aliphatic rings. The van der Waals surface area contributed by atoms with Gasteiger partial charge in [-0.1, -0.05) is 0 Å². The molecule has 0 aromatic heterocycles. The molecule has 1 amide bonds. The van der Waals surface area contributed by atoms with Crippen molar-refractivity contribution < 1.29 is 9.90 Å². The standard InChI is InChI=1S/C15H24N2O2/c1-3-16-14-9-7-13(8-10-14)15(19)17(2)11-5-4-6-12-18/h7-10,16,18H,3-6,11-12H2,1-2H3. The fraction of sp³-hybridized carbons (Fsp3) is 0.533. The average molecular weight is 264 g/mol. The molecule has 0 atom stereocenters. The van der Waals surface area contributed by atoms with Gasteiger partial charge < -0.3 is 15.3 Å². The number of aliphatic hydroxyl groups excluding tert-OH is 1. The van der Waals surface area contributed by atoms with Crippen molar-refractivity contribution in [2.75, 3.05) is 32.1 Å². The van der Waals surface area contributed by atoms with Crippen LogP contribution in [0.1, 0.15) is 36.5 Å². The highest BCUT2D eigenvalue weighted by Crippen LogP contribution is 2.11. The van der Waals surface area contributed by atoms with Gasteiger partial charge in [0.25, 0.3) is 5.91 Å². The largest absolute Gasteiger partial charge is 0.396 e. The molecule has 2 N–H and O–H groups in total. The predicted octanol–water partition coefficient (Wildman–Crippen LogP) is 2.35. The fourth-order valence-corrected chi connectivity index (χ4v) is 1.89. The molecule has 0 fully saturated rings. The topological polar surface area (TPSA) is 52.6 Å². The second-order valence-electron chi connectivity index (χ2n) is 4.62. The van der Waals surface area contributed by atoms with E-state index >= 15 is 0 Å². The summed E-state index contributed by atoms with van der Waals surface area (Å²) < 4.78 is 0. The molecule has 0 heterocycles. The maximum Gasteiger partial charge on any atom is 0.253 e. The monoisotopic (exact) mass is 264 g/mol. The number of nitrogens with zero attached hydrogens (tertiary/aromatic N) is 1. The average Bonchev–Trinajstić information content (AvgIpc) is 2.44. The zero-order valence-electron chi connectivity index (χ0n) is 11.9. The third kappa shape index (κ3) is 5.30. The molecule has 1 aromatic carbocycles. The molecule has 0 spiro atoms. The van der Waals surface area contributed by atoms with E-state index < -0.39 is 0 Å². The molecule has 0 radical (unpaired) electrons. The van der Waals surface area contributed by atoms with Crippen LogP contribution in [-0.2, 0) is 0 Å². The number of carbonyl (C=O) groups excluding carboxylic acids is 1. The lowest BCUT2D eigenvalue weighted by molar-refractivity contribution is 0.0792. The Morgan fingerprint density at radius 3 is 2.47 bits per heavy atom. The van der Waals surface area contributed by atoms with Crippen molar-refractivity contribution in [3.05, 3.63) is 29.8 Å². The van der Waals surface area contributed by atoms with E-state index in [1.54, 1.807) is 4.90 Å². The highest BCUT2D eigenvalue weighted by Gasteiger charge is 2.10. The summed E-state index contributed by atoms with van der Waals surface area (Å²) in [6, 6.07) is 7.56. The molecule has 106 valence electrons. The summed E-state index contributed by atoms with van der Waals surface area (Å²) in [7, 11) is 1.82. The quantitative estimate of drug-likeness (QED) is 0.709. The predicted molar refractivity (Wildman–Crippen MR) is 78.5 cm³/mol. The van der Waals surface area contributed by atoms with Gasteiger partial charge in [-0.3, -0.25) is 4.79 Å². The van der Waals surface area contributed by atoms with E-state index in [0.29, 0.717) is 5.56 Å². The van der Waals surface area contributed by atoms with Gasteiger partial charge in [-0.15, -0.1) is 0 Å². The van der Waals surface area contributed by atoms with Crippen LogP contribution in [0, 0.1) is 0 Å². The van der Waals surface area contributed by atoms with Crippen LogP contribution in [0.5, 0.6) is 0 Å². The second-order valence-corrected chi connectivity index (χ2v) is 4.62. The number of unbranched alkanes of at least 4 members (excludes halogenated alkanes) is 2. The molecule has 1 aromatic rings. The van der Waals surface area contributed by atoms with Gasteiger partial charge in [0.1, 0.15) is 0 Å². The zero-order chi connectivity index (χ0) is 14.1. The lowest BCUT2D eigenvalue weighted by atomic mass is 10.1. The van der Waals surface area contributed by atoms with E-state index in [2.05, 4.69) is 5.32 Å². The van der Waals surface area contributed by atoms with Crippen LogP contribution in [0.25, 0.3) is 0 Å². The van der Waals surface area contributed by atoms with E-state index in [-0.39, 0.29) is 12.5 Å². The molecular weight excluding hydrogens is 240 g/mol. The maximum absolute atomic E-state index is 12.1. The van der Waals surface area contributed by atoms with E-state index in [0.717, 1.165) is 38.0 Å². The molecular formula is C15H24N2O2. The SMILES string of the molecule is CCNc1ccc(C(=O)N(C)CCCCCO)cc1. The van der Waals surface area contributed by atoms with Crippen molar-refractivity contribution in [2.45, 2.75) is 26.2 Å². The number of aliphatic hydroxyl groups is 1. The number of carbonyl (C=O) groups is 1. The Labute approximate surface area is 115 Å². The number of rotatable bonds is 8.